The molecule has 2 aromatic rings. The van der Waals surface area contributed by atoms with Crippen LogP contribution in [0.15, 0.2) is 21.9 Å². The van der Waals surface area contributed by atoms with Crippen molar-refractivity contribution in [3.63, 3.8) is 0 Å². The molecule has 22 heavy (non-hydrogen) atoms. The van der Waals surface area contributed by atoms with E-state index in [9.17, 15) is 0 Å². The first-order chi connectivity index (χ1) is 10.7. The van der Waals surface area contributed by atoms with Crippen LogP contribution in [0.4, 0.5) is 5.82 Å². The first-order valence-corrected chi connectivity index (χ1v) is 8.65. The van der Waals surface area contributed by atoms with Crippen molar-refractivity contribution < 1.29 is 4.52 Å². The SMILES string of the molecule is CSc1ncc(C)c(N2CCN(Cc3cc(C)no3)CC2)n1. The molecule has 2 aromatic heterocycles. The Kier molecular flexibility index (Phi) is 4.63. The molecule has 0 atom stereocenters. The molecule has 0 unspecified atom stereocenters. The van der Waals surface area contributed by atoms with Crippen molar-refractivity contribution in [3.05, 3.63) is 29.3 Å². The lowest BCUT2D eigenvalue weighted by Gasteiger charge is -2.35. The zero-order chi connectivity index (χ0) is 15.5. The van der Waals surface area contributed by atoms with Gasteiger partial charge < -0.3 is 9.42 Å². The van der Waals surface area contributed by atoms with E-state index < -0.39 is 0 Å². The molecule has 1 saturated heterocycles. The lowest BCUT2D eigenvalue weighted by Crippen LogP contribution is -2.46. The predicted octanol–water partition coefficient (Wildman–Crippen LogP) is 2.13. The third-order valence-corrected chi connectivity index (χ3v) is 4.40. The van der Waals surface area contributed by atoms with Gasteiger partial charge in [0.25, 0.3) is 0 Å². The summed E-state index contributed by atoms with van der Waals surface area (Å²) >= 11 is 1.58. The lowest BCUT2D eigenvalue weighted by molar-refractivity contribution is 0.219. The molecule has 0 bridgehead atoms. The Bertz CT molecular complexity index is 637. The van der Waals surface area contributed by atoms with Crippen molar-refractivity contribution >= 4 is 17.6 Å². The molecule has 0 aliphatic carbocycles. The summed E-state index contributed by atoms with van der Waals surface area (Å²) in [6.45, 7) is 8.79. The van der Waals surface area contributed by atoms with E-state index >= 15 is 0 Å². The summed E-state index contributed by atoms with van der Waals surface area (Å²) in [7, 11) is 0. The van der Waals surface area contributed by atoms with Crippen LogP contribution in [-0.2, 0) is 6.54 Å². The Morgan fingerprint density at radius 3 is 2.64 bits per heavy atom. The third kappa shape index (κ3) is 3.41. The molecule has 3 rings (SSSR count). The van der Waals surface area contributed by atoms with Crippen LogP contribution in [0.5, 0.6) is 0 Å². The molecule has 0 radical (unpaired) electrons. The summed E-state index contributed by atoms with van der Waals surface area (Å²) in [6, 6.07) is 2.01. The minimum atomic E-state index is 0.827. The Morgan fingerprint density at radius 1 is 1.23 bits per heavy atom. The summed E-state index contributed by atoms with van der Waals surface area (Å²) in [5, 5.41) is 4.78. The number of anilines is 1. The fourth-order valence-electron chi connectivity index (χ4n) is 2.66. The van der Waals surface area contributed by atoms with Crippen LogP contribution in [0.1, 0.15) is 17.0 Å². The maximum absolute atomic E-state index is 5.30. The van der Waals surface area contributed by atoms with E-state index in [1.54, 1.807) is 11.8 Å². The zero-order valence-electron chi connectivity index (χ0n) is 13.2. The molecule has 3 heterocycles. The molecule has 7 heteroatoms. The largest absolute Gasteiger partial charge is 0.360 e. The van der Waals surface area contributed by atoms with Gasteiger partial charge in [0.2, 0.25) is 0 Å². The van der Waals surface area contributed by atoms with Gasteiger partial charge in [0.1, 0.15) is 5.82 Å². The first kappa shape index (κ1) is 15.3. The summed E-state index contributed by atoms with van der Waals surface area (Å²) in [5.41, 5.74) is 2.08. The summed E-state index contributed by atoms with van der Waals surface area (Å²) in [5.74, 6) is 2.00. The van der Waals surface area contributed by atoms with Crippen molar-refractivity contribution in [2.24, 2.45) is 0 Å². The second kappa shape index (κ2) is 6.66. The van der Waals surface area contributed by atoms with Crippen molar-refractivity contribution in [1.29, 1.82) is 0 Å². The highest BCUT2D eigenvalue weighted by molar-refractivity contribution is 7.98. The van der Waals surface area contributed by atoms with Gasteiger partial charge in [-0.25, -0.2) is 9.97 Å². The molecule has 0 N–H and O–H groups in total. The highest BCUT2D eigenvalue weighted by Gasteiger charge is 2.21. The fourth-order valence-corrected chi connectivity index (χ4v) is 3.00. The quantitative estimate of drug-likeness (QED) is 0.632. The molecule has 0 saturated carbocycles. The van der Waals surface area contributed by atoms with Crippen molar-refractivity contribution in [1.82, 2.24) is 20.0 Å². The highest BCUT2D eigenvalue weighted by atomic mass is 32.2. The van der Waals surface area contributed by atoms with Gasteiger partial charge in [-0.2, -0.15) is 0 Å². The van der Waals surface area contributed by atoms with Gasteiger partial charge >= 0.3 is 0 Å². The van der Waals surface area contributed by atoms with Crippen LogP contribution < -0.4 is 4.90 Å². The molecular weight excluding hydrogens is 298 g/mol. The van der Waals surface area contributed by atoms with Crippen LogP contribution in [-0.4, -0.2) is 52.5 Å². The molecule has 6 nitrogen and oxygen atoms in total. The molecule has 1 aliphatic heterocycles. The van der Waals surface area contributed by atoms with Gasteiger partial charge in [0, 0.05) is 44.0 Å². The predicted molar refractivity (Wildman–Crippen MR) is 87.3 cm³/mol. The standard InChI is InChI=1S/C15H21N5OS/c1-11-9-16-15(22-3)17-14(11)20-6-4-19(5-7-20)10-13-8-12(2)18-21-13/h8-9H,4-7,10H2,1-3H3. The third-order valence-electron chi connectivity index (χ3n) is 3.83. The summed E-state index contributed by atoms with van der Waals surface area (Å²) < 4.78 is 5.30. The maximum Gasteiger partial charge on any atom is 0.189 e. The maximum atomic E-state index is 5.30. The average molecular weight is 319 g/mol. The van der Waals surface area contributed by atoms with Crippen LogP contribution in [0.2, 0.25) is 0 Å². The summed E-state index contributed by atoms with van der Waals surface area (Å²) in [6.07, 6.45) is 3.92. The number of hydrogen-bond acceptors (Lipinski definition) is 7. The van der Waals surface area contributed by atoms with Gasteiger partial charge in [-0.1, -0.05) is 16.9 Å². The minimum Gasteiger partial charge on any atom is -0.360 e. The molecule has 0 amide bonds. The highest BCUT2D eigenvalue weighted by Crippen LogP contribution is 2.21. The van der Waals surface area contributed by atoms with E-state index in [2.05, 4.69) is 31.8 Å². The van der Waals surface area contributed by atoms with E-state index in [1.165, 1.54) is 0 Å². The smallest absolute Gasteiger partial charge is 0.189 e. The second-order valence-electron chi connectivity index (χ2n) is 5.56. The van der Waals surface area contributed by atoms with Crippen molar-refractivity contribution in [3.8, 4) is 0 Å². The number of nitrogens with zero attached hydrogens (tertiary/aromatic N) is 5. The molecule has 118 valence electrons. The Hall–Kier alpha value is -1.60. The van der Waals surface area contributed by atoms with E-state index in [1.807, 2.05) is 25.4 Å². The molecule has 1 fully saturated rings. The Labute approximate surface area is 134 Å². The average Bonchev–Trinajstić information content (AvgIpc) is 2.94. The molecular formula is C15H21N5OS. The second-order valence-corrected chi connectivity index (χ2v) is 6.33. The Balaban J connectivity index is 1.61. The van der Waals surface area contributed by atoms with Crippen LogP contribution >= 0.6 is 11.8 Å². The normalized spacial score (nSPS) is 16.2. The number of aromatic nitrogens is 3. The van der Waals surface area contributed by atoms with Gasteiger partial charge in [0.15, 0.2) is 10.9 Å². The number of rotatable bonds is 4. The topological polar surface area (TPSA) is 58.3 Å². The molecule has 0 spiro atoms. The summed E-state index contributed by atoms with van der Waals surface area (Å²) in [4.78, 5) is 13.7. The van der Waals surface area contributed by atoms with Crippen molar-refractivity contribution in [2.75, 3.05) is 37.3 Å². The lowest BCUT2D eigenvalue weighted by atomic mass is 10.2. The van der Waals surface area contributed by atoms with E-state index in [0.717, 1.165) is 60.7 Å². The van der Waals surface area contributed by atoms with Crippen molar-refractivity contribution in [2.45, 2.75) is 25.5 Å². The van der Waals surface area contributed by atoms with Gasteiger partial charge in [-0.05, 0) is 20.1 Å². The van der Waals surface area contributed by atoms with E-state index in [-0.39, 0.29) is 0 Å². The van der Waals surface area contributed by atoms with Crippen LogP contribution in [0.3, 0.4) is 0 Å². The molecule has 0 aromatic carbocycles. The number of thioether (sulfide) groups is 1. The van der Waals surface area contributed by atoms with E-state index in [0.29, 0.717) is 0 Å². The minimum absolute atomic E-state index is 0.827. The monoisotopic (exact) mass is 319 g/mol. The van der Waals surface area contributed by atoms with Gasteiger partial charge in [-0.3, -0.25) is 4.90 Å². The molecule has 1 aliphatic rings. The van der Waals surface area contributed by atoms with Gasteiger partial charge in [-0.15, -0.1) is 0 Å². The Morgan fingerprint density at radius 2 is 2.00 bits per heavy atom. The zero-order valence-corrected chi connectivity index (χ0v) is 14.1. The number of aryl methyl sites for hydroxylation is 2. The number of piperazine rings is 1. The fraction of sp³-hybridized carbons (Fsp3) is 0.533. The first-order valence-electron chi connectivity index (χ1n) is 7.43. The van der Waals surface area contributed by atoms with Crippen LogP contribution in [0.25, 0.3) is 0 Å². The van der Waals surface area contributed by atoms with E-state index in [4.69, 9.17) is 4.52 Å². The van der Waals surface area contributed by atoms with Gasteiger partial charge in [0.05, 0.1) is 12.2 Å². The number of hydrogen-bond donors (Lipinski definition) is 0. The van der Waals surface area contributed by atoms with Crippen LogP contribution in [0, 0.1) is 13.8 Å².